The summed E-state index contributed by atoms with van der Waals surface area (Å²) in [6.07, 6.45) is 2.99. The predicted octanol–water partition coefficient (Wildman–Crippen LogP) is 1.53. The smallest absolute Gasteiger partial charge is 0.0165 e. The number of hydrogen-bond donors (Lipinski definition) is 2. The molecule has 0 saturated carbocycles. The number of nitrogens with zero attached hydrogens (tertiary/aromatic N) is 1. The van der Waals surface area contributed by atoms with Gasteiger partial charge in [-0.2, -0.15) is 5.53 Å². The molecule has 0 spiro atoms. The maximum absolute atomic E-state index is 6.68. The molecule has 3 nitrogen and oxygen atoms in total. The molecule has 4 heteroatoms. The lowest BCUT2D eigenvalue weighted by atomic mass is 10.5. The molecule has 8 heavy (non-hydrogen) atoms. The average Bonchev–Trinajstić information content (AvgIpc) is 2.17. The normalized spacial score (nSPS) is 43.6. The van der Waals surface area contributed by atoms with Gasteiger partial charge in [-0.25, -0.2) is 0 Å². The van der Waals surface area contributed by atoms with Crippen molar-refractivity contribution in [2.45, 2.75) is 6.42 Å². The van der Waals surface area contributed by atoms with E-state index in [2.05, 4.69) is 4.52 Å². The Labute approximate surface area is 50.0 Å². The van der Waals surface area contributed by atoms with Gasteiger partial charge in [0, 0.05) is 5.75 Å². The van der Waals surface area contributed by atoms with Gasteiger partial charge in [-0.15, -0.1) is 4.52 Å². The minimum absolute atomic E-state index is 0.872. The van der Waals surface area contributed by atoms with E-state index in [1.54, 1.807) is 0 Å². The molecule has 0 amide bonds. The Balaban J connectivity index is 2.67. The molecule has 46 valence electrons. The Morgan fingerprint density at radius 1 is 1.75 bits per heavy atom. The molecule has 1 aliphatic heterocycles. The van der Waals surface area contributed by atoms with Gasteiger partial charge >= 0.3 is 0 Å². The van der Waals surface area contributed by atoms with Crippen LogP contribution in [0.1, 0.15) is 6.42 Å². The summed E-state index contributed by atoms with van der Waals surface area (Å²) in [7, 11) is -1.43. The average molecular weight is 131 g/mol. The van der Waals surface area contributed by atoms with Crippen LogP contribution in [0.25, 0.3) is 0 Å². The minimum atomic E-state index is -1.43. The van der Waals surface area contributed by atoms with E-state index in [0.29, 0.717) is 0 Å². The quantitative estimate of drug-likeness (QED) is 0.521. The molecule has 0 radical (unpaired) electrons. The van der Waals surface area contributed by atoms with Crippen molar-refractivity contribution in [1.82, 2.24) is 0 Å². The van der Waals surface area contributed by atoms with E-state index in [1.165, 1.54) is 0 Å². The summed E-state index contributed by atoms with van der Waals surface area (Å²) in [5.41, 5.74) is 6.68. The van der Waals surface area contributed by atoms with Gasteiger partial charge < -0.3 is 0 Å². The van der Waals surface area contributed by atoms with Crippen LogP contribution in [-0.2, 0) is 0 Å². The fourth-order valence-corrected chi connectivity index (χ4v) is 1.91. The third-order valence-electron chi connectivity index (χ3n) is 1.11. The molecule has 1 atom stereocenters. The van der Waals surface area contributed by atoms with Crippen molar-refractivity contribution in [2.75, 3.05) is 5.75 Å². The van der Waals surface area contributed by atoms with Crippen LogP contribution in [0.3, 0.4) is 0 Å². The van der Waals surface area contributed by atoms with Gasteiger partial charge in [-0.05, 0) is 11.8 Å². The third kappa shape index (κ3) is 0.900. The fraction of sp³-hybridized carbons (Fsp3) is 0.500. The highest BCUT2D eigenvalue weighted by Crippen LogP contribution is 2.46. The first-order chi connectivity index (χ1) is 3.77. The van der Waals surface area contributed by atoms with Gasteiger partial charge in [-0.3, -0.25) is 5.14 Å². The van der Waals surface area contributed by atoms with Crippen molar-refractivity contribution in [2.24, 2.45) is 9.66 Å². The highest BCUT2D eigenvalue weighted by Gasteiger charge is 2.16. The van der Waals surface area contributed by atoms with Crippen molar-refractivity contribution in [3.8, 4) is 0 Å². The van der Waals surface area contributed by atoms with Crippen molar-refractivity contribution >= 4 is 10.4 Å². The monoisotopic (exact) mass is 131 g/mol. The van der Waals surface area contributed by atoms with Gasteiger partial charge in [0.15, 0.2) is 0 Å². The van der Waals surface area contributed by atoms with Crippen molar-refractivity contribution in [1.29, 1.82) is 5.53 Å². The summed E-state index contributed by atoms with van der Waals surface area (Å²) in [4.78, 5) is 0. The van der Waals surface area contributed by atoms with E-state index in [1.807, 2.05) is 11.5 Å². The Morgan fingerprint density at radius 2 is 2.50 bits per heavy atom. The molecule has 0 saturated heterocycles. The molecule has 1 aliphatic rings. The summed E-state index contributed by atoms with van der Waals surface area (Å²) in [5, 5.41) is 7.46. The van der Waals surface area contributed by atoms with Crippen molar-refractivity contribution in [3.63, 3.8) is 0 Å². The van der Waals surface area contributed by atoms with Gasteiger partial charge in [0.2, 0.25) is 0 Å². The summed E-state index contributed by atoms with van der Waals surface area (Å²) >= 11 is 0. The zero-order chi connectivity index (χ0) is 6.04. The highest BCUT2D eigenvalue weighted by molar-refractivity contribution is 8.33. The predicted molar refractivity (Wildman–Crippen MR) is 35.6 cm³/mol. The minimum Gasteiger partial charge on any atom is -0.273 e. The molecule has 0 aliphatic carbocycles. The van der Waals surface area contributed by atoms with E-state index in [-0.39, 0.29) is 0 Å². The van der Waals surface area contributed by atoms with Crippen LogP contribution in [-0.4, -0.2) is 5.75 Å². The zero-order valence-corrected chi connectivity index (χ0v) is 5.32. The third-order valence-corrected chi connectivity index (χ3v) is 3.01. The van der Waals surface area contributed by atoms with Crippen LogP contribution in [0.15, 0.2) is 16.0 Å². The first-order valence-corrected chi connectivity index (χ1v) is 4.29. The molecular formula is C4H9N3S. The Kier molecular flexibility index (Phi) is 1.35. The highest BCUT2D eigenvalue weighted by atomic mass is 32.3. The van der Waals surface area contributed by atoms with Crippen LogP contribution < -0.4 is 5.14 Å². The maximum atomic E-state index is 6.68. The summed E-state index contributed by atoms with van der Waals surface area (Å²) in [6, 6.07) is 0. The van der Waals surface area contributed by atoms with E-state index < -0.39 is 10.4 Å². The lowest BCUT2D eigenvalue weighted by Crippen LogP contribution is -2.03. The van der Waals surface area contributed by atoms with Gasteiger partial charge in [-0.1, -0.05) is 16.5 Å². The first kappa shape index (κ1) is 5.78. The van der Waals surface area contributed by atoms with Crippen LogP contribution in [0.4, 0.5) is 0 Å². The summed E-state index contributed by atoms with van der Waals surface area (Å²) in [6.45, 7) is 0. The Bertz CT molecular complexity index is 133. The molecule has 1 unspecified atom stereocenters. The van der Waals surface area contributed by atoms with E-state index in [4.69, 9.17) is 10.7 Å². The van der Waals surface area contributed by atoms with Crippen LogP contribution >= 0.6 is 10.4 Å². The molecular weight excluding hydrogens is 122 g/mol. The molecule has 1 heterocycles. The number of rotatable bonds is 1. The van der Waals surface area contributed by atoms with Crippen LogP contribution in [0.5, 0.6) is 0 Å². The lowest BCUT2D eigenvalue weighted by Gasteiger charge is -2.18. The fourth-order valence-electron chi connectivity index (χ4n) is 0.636. The topological polar surface area (TPSA) is 62.2 Å². The SMILES string of the molecule is N=NS1(N)C=CCC1. The second kappa shape index (κ2) is 1.87. The van der Waals surface area contributed by atoms with Crippen LogP contribution in [0.2, 0.25) is 0 Å². The summed E-state index contributed by atoms with van der Waals surface area (Å²) in [5.74, 6) is 0.872. The van der Waals surface area contributed by atoms with E-state index >= 15 is 0 Å². The summed E-state index contributed by atoms with van der Waals surface area (Å²) < 4.78 is 3.34. The van der Waals surface area contributed by atoms with Crippen molar-refractivity contribution in [3.05, 3.63) is 11.5 Å². The van der Waals surface area contributed by atoms with Gasteiger partial charge in [0.25, 0.3) is 0 Å². The Hall–Kier alpha value is -0.350. The molecule has 0 aromatic carbocycles. The lowest BCUT2D eigenvalue weighted by molar-refractivity contribution is 1.20. The number of nitrogens with one attached hydrogen (secondary N) is 1. The van der Waals surface area contributed by atoms with Gasteiger partial charge in [0.1, 0.15) is 0 Å². The van der Waals surface area contributed by atoms with Crippen molar-refractivity contribution < 1.29 is 0 Å². The molecule has 0 bridgehead atoms. The number of hydrogen-bond acceptors (Lipinski definition) is 3. The largest absolute Gasteiger partial charge is 0.273 e. The van der Waals surface area contributed by atoms with Crippen LogP contribution in [0, 0.1) is 5.53 Å². The van der Waals surface area contributed by atoms with E-state index in [0.717, 1.165) is 12.2 Å². The molecule has 0 aromatic rings. The maximum Gasteiger partial charge on any atom is 0.0165 e. The molecule has 0 fully saturated rings. The number of nitrogens with two attached hydrogens (primary N) is 1. The second-order valence-electron chi connectivity index (χ2n) is 1.77. The Morgan fingerprint density at radius 3 is 2.75 bits per heavy atom. The number of allylic oxidation sites excluding steroid dienone is 1. The standard InChI is InChI=1S/C4H9N3S/c5-7-8(6)3-1-2-4-8/h1,3,5H,2,4,6H2. The van der Waals surface area contributed by atoms with Gasteiger partial charge in [0.05, 0.1) is 0 Å². The van der Waals surface area contributed by atoms with E-state index in [9.17, 15) is 0 Å². The zero-order valence-electron chi connectivity index (χ0n) is 4.50. The molecule has 3 N–H and O–H groups in total. The molecule has 1 rings (SSSR count). The first-order valence-electron chi connectivity index (χ1n) is 2.41. The molecule has 0 aromatic heterocycles. The second-order valence-corrected chi connectivity index (χ2v) is 4.25.